The van der Waals surface area contributed by atoms with Gasteiger partial charge >= 0.3 is 0 Å². The van der Waals surface area contributed by atoms with Gasteiger partial charge < -0.3 is 5.32 Å². The first-order valence-corrected chi connectivity index (χ1v) is 7.97. The molecule has 0 aliphatic heterocycles. The van der Waals surface area contributed by atoms with Crippen molar-refractivity contribution in [1.82, 2.24) is 10.0 Å². The van der Waals surface area contributed by atoms with Crippen molar-refractivity contribution in [3.05, 3.63) is 29.3 Å². The Kier molecular flexibility index (Phi) is 5.18. The Morgan fingerprint density at radius 3 is 2.15 bits per heavy atom. The molecule has 0 spiro atoms. The van der Waals surface area contributed by atoms with Crippen molar-refractivity contribution in [2.24, 2.45) is 0 Å². The average molecular weight is 319 g/mol. The molecule has 0 saturated carbocycles. The van der Waals surface area contributed by atoms with Crippen LogP contribution in [0.3, 0.4) is 0 Å². The van der Waals surface area contributed by atoms with E-state index in [2.05, 4.69) is 10.0 Å². The summed E-state index contributed by atoms with van der Waals surface area (Å²) in [5, 5.41) is 3.16. The minimum absolute atomic E-state index is 0.0670. The molecule has 1 rings (SSSR count). The Morgan fingerprint density at radius 2 is 1.70 bits per heavy atom. The van der Waals surface area contributed by atoms with E-state index in [-0.39, 0.29) is 10.8 Å². The number of hydrogen-bond acceptors (Lipinski definition) is 3. The van der Waals surface area contributed by atoms with Gasteiger partial charge in [-0.1, -0.05) is 11.6 Å². The molecule has 2 N–H and O–H groups in total. The van der Waals surface area contributed by atoms with Gasteiger partial charge in [-0.05, 0) is 52.0 Å². The fourth-order valence-electron chi connectivity index (χ4n) is 1.45. The maximum absolute atomic E-state index is 12.1. The van der Waals surface area contributed by atoms with Crippen LogP contribution in [0, 0.1) is 0 Å². The highest BCUT2D eigenvalue weighted by Gasteiger charge is 2.24. The van der Waals surface area contributed by atoms with E-state index in [9.17, 15) is 13.2 Å². The Bertz CT molecular complexity index is 577. The van der Waals surface area contributed by atoms with Crippen LogP contribution < -0.4 is 10.0 Å². The van der Waals surface area contributed by atoms with E-state index in [4.69, 9.17) is 11.6 Å². The third-order valence-corrected chi connectivity index (χ3v) is 4.16. The largest absolute Gasteiger partial charge is 0.350 e. The number of nitrogens with one attached hydrogen (secondary N) is 2. The lowest BCUT2D eigenvalue weighted by molar-refractivity contribution is -0.123. The van der Waals surface area contributed by atoms with Gasteiger partial charge in [-0.3, -0.25) is 4.79 Å². The van der Waals surface area contributed by atoms with Crippen LogP contribution in [0.25, 0.3) is 0 Å². The van der Waals surface area contributed by atoms with Crippen LogP contribution in [-0.4, -0.2) is 25.9 Å². The molecule has 0 aromatic heterocycles. The van der Waals surface area contributed by atoms with Crippen molar-refractivity contribution in [3.63, 3.8) is 0 Å². The van der Waals surface area contributed by atoms with Crippen molar-refractivity contribution in [3.8, 4) is 0 Å². The van der Waals surface area contributed by atoms with Crippen molar-refractivity contribution < 1.29 is 13.2 Å². The second-order valence-corrected chi connectivity index (χ2v) is 7.69. The smallest absolute Gasteiger partial charge is 0.241 e. The third-order valence-electron chi connectivity index (χ3n) is 2.35. The summed E-state index contributed by atoms with van der Waals surface area (Å²) in [7, 11) is -3.75. The predicted octanol–water partition coefficient (Wildman–Crippen LogP) is 1.92. The number of benzene rings is 1. The minimum atomic E-state index is -3.75. The van der Waals surface area contributed by atoms with E-state index in [1.54, 1.807) is 0 Å². The van der Waals surface area contributed by atoms with Gasteiger partial charge in [-0.25, -0.2) is 8.42 Å². The maximum Gasteiger partial charge on any atom is 0.241 e. The lowest BCUT2D eigenvalue weighted by Crippen LogP contribution is -2.50. The molecule has 112 valence electrons. The zero-order valence-corrected chi connectivity index (χ0v) is 13.5. The molecule has 1 amide bonds. The molecule has 0 unspecified atom stereocenters. The van der Waals surface area contributed by atoms with Crippen LogP contribution in [0.5, 0.6) is 0 Å². The number of carbonyl (C=O) groups is 1. The second kappa shape index (κ2) is 6.11. The predicted molar refractivity (Wildman–Crippen MR) is 79.1 cm³/mol. The number of rotatable bonds is 4. The number of carbonyl (C=O) groups excluding carboxylic acids is 1. The maximum atomic E-state index is 12.1. The first-order valence-electron chi connectivity index (χ1n) is 6.11. The van der Waals surface area contributed by atoms with E-state index >= 15 is 0 Å². The van der Waals surface area contributed by atoms with Crippen LogP contribution in [0.4, 0.5) is 0 Å². The summed E-state index contributed by atoms with van der Waals surface area (Å²) in [6.07, 6.45) is 0. The molecule has 0 heterocycles. The Hall–Kier alpha value is -1.11. The van der Waals surface area contributed by atoms with E-state index in [1.165, 1.54) is 31.2 Å². The Morgan fingerprint density at radius 1 is 1.20 bits per heavy atom. The van der Waals surface area contributed by atoms with E-state index < -0.39 is 21.6 Å². The Balaban J connectivity index is 2.81. The SMILES string of the molecule is C[C@@H](NS(=O)(=O)c1ccc(Cl)cc1)C(=O)NC(C)(C)C. The molecular weight excluding hydrogens is 300 g/mol. The normalized spacial score (nSPS) is 13.8. The van der Waals surface area contributed by atoms with Crippen LogP contribution in [0.1, 0.15) is 27.7 Å². The molecule has 7 heteroatoms. The molecule has 1 aromatic carbocycles. The number of hydrogen-bond donors (Lipinski definition) is 2. The van der Waals surface area contributed by atoms with Gasteiger partial charge in [0, 0.05) is 10.6 Å². The average Bonchev–Trinajstić information content (AvgIpc) is 2.26. The monoisotopic (exact) mass is 318 g/mol. The summed E-state index contributed by atoms with van der Waals surface area (Å²) in [6.45, 7) is 6.97. The van der Waals surface area contributed by atoms with Gasteiger partial charge in [0.2, 0.25) is 15.9 Å². The first-order chi connectivity index (χ1) is 9.01. The number of sulfonamides is 1. The highest BCUT2D eigenvalue weighted by atomic mass is 35.5. The van der Waals surface area contributed by atoms with Crippen LogP contribution >= 0.6 is 11.6 Å². The lowest BCUT2D eigenvalue weighted by Gasteiger charge is -2.23. The third kappa shape index (κ3) is 5.11. The van der Waals surface area contributed by atoms with E-state index in [0.717, 1.165) is 0 Å². The quantitative estimate of drug-likeness (QED) is 0.890. The summed E-state index contributed by atoms with van der Waals surface area (Å²) in [5.41, 5.74) is -0.420. The molecule has 0 bridgehead atoms. The summed E-state index contributed by atoms with van der Waals surface area (Å²) >= 11 is 5.71. The van der Waals surface area contributed by atoms with Gasteiger partial charge in [0.25, 0.3) is 0 Å². The first kappa shape index (κ1) is 16.9. The van der Waals surface area contributed by atoms with Crippen LogP contribution in [0.2, 0.25) is 5.02 Å². The van der Waals surface area contributed by atoms with Crippen molar-refractivity contribution in [1.29, 1.82) is 0 Å². The summed E-state index contributed by atoms with van der Waals surface area (Å²) < 4.78 is 26.5. The molecule has 1 atom stereocenters. The lowest BCUT2D eigenvalue weighted by atomic mass is 10.1. The fourth-order valence-corrected chi connectivity index (χ4v) is 2.77. The van der Waals surface area contributed by atoms with Crippen molar-refractivity contribution in [2.75, 3.05) is 0 Å². The van der Waals surface area contributed by atoms with Crippen molar-refractivity contribution >= 4 is 27.5 Å². The summed E-state index contributed by atoms with van der Waals surface area (Å²) in [6, 6.07) is 4.87. The minimum Gasteiger partial charge on any atom is -0.350 e. The Labute approximate surface area is 124 Å². The molecule has 20 heavy (non-hydrogen) atoms. The van der Waals surface area contributed by atoms with Gasteiger partial charge in [0.15, 0.2) is 0 Å². The standard InChI is InChI=1S/C13H19ClN2O3S/c1-9(12(17)15-13(2,3)4)16-20(18,19)11-7-5-10(14)6-8-11/h5-9,16H,1-4H3,(H,15,17)/t9-/m1/s1. The zero-order valence-electron chi connectivity index (χ0n) is 11.9. The topological polar surface area (TPSA) is 75.3 Å². The van der Waals surface area contributed by atoms with Gasteiger partial charge in [-0.2, -0.15) is 4.72 Å². The van der Waals surface area contributed by atoms with Crippen LogP contribution in [-0.2, 0) is 14.8 Å². The highest BCUT2D eigenvalue weighted by molar-refractivity contribution is 7.89. The zero-order chi connectivity index (χ0) is 15.6. The molecular formula is C13H19ClN2O3S. The second-order valence-electron chi connectivity index (χ2n) is 5.54. The molecule has 1 aromatic rings. The van der Waals surface area contributed by atoms with E-state index in [1.807, 2.05) is 20.8 Å². The number of amides is 1. The molecule has 5 nitrogen and oxygen atoms in total. The molecule has 0 saturated heterocycles. The van der Waals surface area contributed by atoms with E-state index in [0.29, 0.717) is 5.02 Å². The van der Waals surface area contributed by atoms with Gasteiger partial charge in [0.05, 0.1) is 10.9 Å². The van der Waals surface area contributed by atoms with Crippen LogP contribution in [0.15, 0.2) is 29.2 Å². The summed E-state index contributed by atoms with van der Waals surface area (Å²) in [4.78, 5) is 11.9. The highest BCUT2D eigenvalue weighted by Crippen LogP contribution is 2.14. The van der Waals surface area contributed by atoms with Crippen molar-refractivity contribution in [2.45, 2.75) is 44.2 Å². The number of halogens is 1. The molecule has 0 aliphatic carbocycles. The molecule has 0 aliphatic rings. The fraction of sp³-hybridized carbons (Fsp3) is 0.462. The summed E-state index contributed by atoms with van der Waals surface area (Å²) in [5.74, 6) is -0.380. The molecule has 0 radical (unpaired) electrons. The molecule has 0 fully saturated rings. The van der Waals surface area contributed by atoms with Gasteiger partial charge in [-0.15, -0.1) is 0 Å². The van der Waals surface area contributed by atoms with Gasteiger partial charge in [0.1, 0.15) is 0 Å².